The first kappa shape index (κ1) is 15.4. The SMILES string of the molecule is CCC1NC(C)(CC)C(=O)N1CCOCC(C)C. The molecule has 1 fully saturated rings. The number of hydrogen-bond donors (Lipinski definition) is 1. The van der Waals surface area contributed by atoms with E-state index in [4.69, 9.17) is 4.74 Å². The van der Waals surface area contributed by atoms with E-state index in [1.807, 2.05) is 11.8 Å². The molecule has 1 saturated heterocycles. The van der Waals surface area contributed by atoms with E-state index < -0.39 is 5.54 Å². The zero-order valence-electron chi connectivity index (χ0n) is 12.5. The number of carbonyl (C=O) groups is 1. The summed E-state index contributed by atoms with van der Waals surface area (Å²) in [4.78, 5) is 14.3. The van der Waals surface area contributed by atoms with Crippen molar-refractivity contribution in [3.8, 4) is 0 Å². The summed E-state index contributed by atoms with van der Waals surface area (Å²) >= 11 is 0. The Morgan fingerprint density at radius 1 is 1.44 bits per heavy atom. The Bertz CT molecular complexity index is 281. The van der Waals surface area contributed by atoms with Crippen molar-refractivity contribution < 1.29 is 9.53 Å². The van der Waals surface area contributed by atoms with Crippen molar-refractivity contribution in [2.45, 2.75) is 59.2 Å². The lowest BCUT2D eigenvalue weighted by atomic mass is 9.99. The highest BCUT2D eigenvalue weighted by Crippen LogP contribution is 2.24. The van der Waals surface area contributed by atoms with Crippen molar-refractivity contribution in [1.82, 2.24) is 10.2 Å². The number of nitrogens with zero attached hydrogens (tertiary/aromatic N) is 1. The molecule has 1 amide bonds. The molecule has 2 unspecified atom stereocenters. The Kier molecular flexibility index (Phi) is 5.60. The number of rotatable bonds is 7. The maximum atomic E-state index is 12.4. The van der Waals surface area contributed by atoms with Crippen LogP contribution in [0.2, 0.25) is 0 Å². The lowest BCUT2D eigenvalue weighted by molar-refractivity contribution is -0.133. The van der Waals surface area contributed by atoms with Crippen molar-refractivity contribution in [2.75, 3.05) is 19.8 Å². The second kappa shape index (κ2) is 6.53. The van der Waals surface area contributed by atoms with E-state index in [1.54, 1.807) is 0 Å². The maximum Gasteiger partial charge on any atom is 0.243 e. The van der Waals surface area contributed by atoms with Gasteiger partial charge in [0.1, 0.15) is 0 Å². The van der Waals surface area contributed by atoms with Crippen molar-refractivity contribution in [3.05, 3.63) is 0 Å². The van der Waals surface area contributed by atoms with Crippen LogP contribution in [0, 0.1) is 5.92 Å². The predicted molar refractivity (Wildman–Crippen MR) is 73.3 cm³/mol. The Hall–Kier alpha value is -0.610. The third-order valence-corrected chi connectivity index (χ3v) is 3.62. The summed E-state index contributed by atoms with van der Waals surface area (Å²) < 4.78 is 5.58. The topological polar surface area (TPSA) is 41.6 Å². The fourth-order valence-electron chi connectivity index (χ4n) is 2.28. The predicted octanol–water partition coefficient (Wildman–Crippen LogP) is 2.00. The van der Waals surface area contributed by atoms with Crippen molar-refractivity contribution in [2.24, 2.45) is 5.92 Å². The molecule has 0 aliphatic carbocycles. The first-order valence-electron chi connectivity index (χ1n) is 7.11. The summed E-state index contributed by atoms with van der Waals surface area (Å²) in [5, 5.41) is 3.44. The molecule has 1 aliphatic heterocycles. The van der Waals surface area contributed by atoms with Gasteiger partial charge in [-0.15, -0.1) is 0 Å². The first-order chi connectivity index (χ1) is 8.44. The fourth-order valence-corrected chi connectivity index (χ4v) is 2.28. The molecule has 1 aliphatic rings. The van der Waals surface area contributed by atoms with Gasteiger partial charge in [-0.05, 0) is 25.7 Å². The van der Waals surface area contributed by atoms with Crippen LogP contribution in [0.25, 0.3) is 0 Å². The normalized spacial score (nSPS) is 28.4. The Morgan fingerprint density at radius 2 is 2.11 bits per heavy atom. The lowest BCUT2D eigenvalue weighted by Crippen LogP contribution is -2.43. The third kappa shape index (κ3) is 3.45. The van der Waals surface area contributed by atoms with Gasteiger partial charge in [0.15, 0.2) is 0 Å². The molecule has 4 nitrogen and oxygen atoms in total. The van der Waals surface area contributed by atoms with Crippen LogP contribution in [0.3, 0.4) is 0 Å². The van der Waals surface area contributed by atoms with Crippen LogP contribution < -0.4 is 5.32 Å². The summed E-state index contributed by atoms with van der Waals surface area (Å²) in [6.45, 7) is 12.5. The van der Waals surface area contributed by atoms with E-state index in [-0.39, 0.29) is 12.1 Å². The van der Waals surface area contributed by atoms with Gasteiger partial charge in [0.2, 0.25) is 5.91 Å². The monoisotopic (exact) mass is 256 g/mol. The Balaban J connectivity index is 2.50. The van der Waals surface area contributed by atoms with Crippen LogP contribution in [-0.2, 0) is 9.53 Å². The minimum Gasteiger partial charge on any atom is -0.379 e. The maximum absolute atomic E-state index is 12.4. The smallest absolute Gasteiger partial charge is 0.243 e. The molecule has 1 N–H and O–H groups in total. The van der Waals surface area contributed by atoms with Gasteiger partial charge in [0, 0.05) is 13.2 Å². The van der Waals surface area contributed by atoms with Crippen LogP contribution in [-0.4, -0.2) is 42.3 Å². The summed E-state index contributed by atoms with van der Waals surface area (Å²) in [7, 11) is 0. The van der Waals surface area contributed by atoms with Gasteiger partial charge in [-0.1, -0.05) is 27.7 Å². The van der Waals surface area contributed by atoms with Gasteiger partial charge in [-0.25, -0.2) is 0 Å². The molecular formula is C14H28N2O2. The molecule has 0 bridgehead atoms. The molecule has 0 aromatic heterocycles. The number of hydrogen-bond acceptors (Lipinski definition) is 3. The first-order valence-corrected chi connectivity index (χ1v) is 7.11. The van der Waals surface area contributed by atoms with Gasteiger partial charge in [0.05, 0.1) is 18.3 Å². The molecule has 0 radical (unpaired) electrons. The minimum atomic E-state index is -0.390. The number of nitrogens with one attached hydrogen (secondary N) is 1. The lowest BCUT2D eigenvalue weighted by Gasteiger charge is -2.23. The molecular weight excluding hydrogens is 228 g/mol. The highest BCUT2D eigenvalue weighted by molar-refractivity contribution is 5.88. The fraction of sp³-hybridized carbons (Fsp3) is 0.929. The summed E-state index contributed by atoms with van der Waals surface area (Å²) in [5.41, 5.74) is -0.390. The van der Waals surface area contributed by atoms with Crippen molar-refractivity contribution in [1.29, 1.82) is 0 Å². The molecule has 0 aromatic carbocycles. The van der Waals surface area contributed by atoms with Crippen molar-refractivity contribution in [3.63, 3.8) is 0 Å². The summed E-state index contributed by atoms with van der Waals surface area (Å²) in [6, 6.07) is 0. The molecule has 0 saturated carbocycles. The molecule has 0 aromatic rings. The van der Waals surface area contributed by atoms with E-state index >= 15 is 0 Å². The van der Waals surface area contributed by atoms with Crippen LogP contribution in [0.1, 0.15) is 47.5 Å². The van der Waals surface area contributed by atoms with Gasteiger partial charge in [-0.2, -0.15) is 0 Å². The molecule has 106 valence electrons. The molecule has 18 heavy (non-hydrogen) atoms. The van der Waals surface area contributed by atoms with Gasteiger partial charge in [0.25, 0.3) is 0 Å². The number of ether oxygens (including phenoxy) is 1. The second-order valence-corrected chi connectivity index (χ2v) is 5.72. The van der Waals surface area contributed by atoms with E-state index in [9.17, 15) is 4.79 Å². The zero-order chi connectivity index (χ0) is 13.8. The molecule has 0 spiro atoms. The quantitative estimate of drug-likeness (QED) is 0.708. The van der Waals surface area contributed by atoms with Crippen LogP contribution in [0.15, 0.2) is 0 Å². The Labute approximate surface area is 111 Å². The Morgan fingerprint density at radius 3 is 2.61 bits per heavy atom. The van der Waals surface area contributed by atoms with E-state index in [2.05, 4.69) is 33.0 Å². The van der Waals surface area contributed by atoms with Gasteiger partial charge < -0.3 is 9.64 Å². The van der Waals surface area contributed by atoms with Crippen molar-refractivity contribution >= 4 is 5.91 Å². The third-order valence-electron chi connectivity index (χ3n) is 3.62. The molecule has 1 heterocycles. The highest BCUT2D eigenvalue weighted by Gasteiger charge is 2.45. The molecule has 1 rings (SSSR count). The zero-order valence-corrected chi connectivity index (χ0v) is 12.5. The highest BCUT2D eigenvalue weighted by atomic mass is 16.5. The summed E-state index contributed by atoms with van der Waals surface area (Å²) in [5.74, 6) is 0.755. The van der Waals surface area contributed by atoms with Crippen LogP contribution >= 0.6 is 0 Å². The van der Waals surface area contributed by atoms with Gasteiger partial charge in [-0.3, -0.25) is 10.1 Å². The standard InChI is InChI=1S/C14H28N2O2/c1-6-12-15-14(5,7-2)13(17)16(12)8-9-18-10-11(3)4/h11-12,15H,6-10H2,1-5H3. The average Bonchev–Trinajstić information content (AvgIpc) is 2.58. The van der Waals surface area contributed by atoms with E-state index in [0.29, 0.717) is 19.1 Å². The largest absolute Gasteiger partial charge is 0.379 e. The minimum absolute atomic E-state index is 0.157. The number of amides is 1. The number of carbonyl (C=O) groups excluding carboxylic acids is 1. The van der Waals surface area contributed by atoms with E-state index in [0.717, 1.165) is 19.4 Å². The second-order valence-electron chi connectivity index (χ2n) is 5.72. The van der Waals surface area contributed by atoms with Crippen LogP contribution in [0.5, 0.6) is 0 Å². The summed E-state index contributed by atoms with van der Waals surface area (Å²) in [6.07, 6.45) is 1.92. The molecule has 2 atom stereocenters. The molecule has 4 heteroatoms. The van der Waals surface area contributed by atoms with E-state index in [1.165, 1.54) is 0 Å². The average molecular weight is 256 g/mol. The van der Waals surface area contributed by atoms with Crippen LogP contribution in [0.4, 0.5) is 0 Å². The van der Waals surface area contributed by atoms with Gasteiger partial charge >= 0.3 is 0 Å².